The number of carbonyl (C=O) groups is 1. The Bertz CT molecular complexity index is 942. The largest absolute Gasteiger partial charge is 0.394 e. The lowest BCUT2D eigenvalue weighted by Crippen LogP contribution is -2.60. The quantitative estimate of drug-likeness (QED) is 0.0593. The molecular weight excluding hydrogens is 586 g/mol. The van der Waals surface area contributed by atoms with Crippen molar-refractivity contribution in [3.8, 4) is 0 Å². The highest BCUT2D eigenvalue weighted by Crippen LogP contribution is 2.22. The molecule has 7 atom stereocenters. The fraction of sp³-hybridized carbons (Fsp3) is 0.649. The van der Waals surface area contributed by atoms with Gasteiger partial charge < -0.3 is 40.3 Å². The number of hydrogen-bond donors (Lipinski definition) is 6. The second-order valence-electron chi connectivity index (χ2n) is 11.6. The first-order valence-electron chi connectivity index (χ1n) is 17.2. The summed E-state index contributed by atoms with van der Waals surface area (Å²) in [4.78, 5) is 12.7. The normalized spacial score (nSPS) is 24.0. The van der Waals surface area contributed by atoms with Crippen LogP contribution in [-0.2, 0) is 14.3 Å². The number of ether oxygens (including phenoxy) is 2. The number of hydrogen-bond acceptors (Lipinski definition) is 8. The average molecular weight is 648 g/mol. The Morgan fingerprint density at radius 3 is 1.91 bits per heavy atom. The third-order valence-electron chi connectivity index (χ3n) is 7.57. The zero-order chi connectivity index (χ0) is 33.8. The molecule has 262 valence electrons. The third kappa shape index (κ3) is 19.3. The molecule has 0 spiro atoms. The van der Waals surface area contributed by atoms with Gasteiger partial charge in [-0.25, -0.2) is 0 Å². The van der Waals surface area contributed by atoms with Gasteiger partial charge in [0.2, 0.25) is 5.91 Å². The summed E-state index contributed by atoms with van der Waals surface area (Å²) in [6, 6.07) is -0.858. The van der Waals surface area contributed by atoms with Crippen LogP contribution < -0.4 is 5.32 Å². The minimum Gasteiger partial charge on any atom is -0.394 e. The van der Waals surface area contributed by atoms with Crippen LogP contribution in [0.1, 0.15) is 97.3 Å². The fourth-order valence-electron chi connectivity index (χ4n) is 4.75. The monoisotopic (exact) mass is 647 g/mol. The number of nitrogens with one attached hydrogen (secondary N) is 1. The summed E-state index contributed by atoms with van der Waals surface area (Å²) in [5, 5.41) is 53.5. The number of unbranched alkanes of at least 4 members (excludes halogenated alkanes) is 6. The summed E-state index contributed by atoms with van der Waals surface area (Å²) in [7, 11) is 0. The molecule has 0 saturated carbocycles. The van der Waals surface area contributed by atoms with E-state index < -0.39 is 49.5 Å². The van der Waals surface area contributed by atoms with E-state index in [0.29, 0.717) is 6.42 Å². The highest BCUT2D eigenvalue weighted by atomic mass is 16.7. The summed E-state index contributed by atoms with van der Waals surface area (Å²) in [6.45, 7) is 3.49. The molecule has 7 unspecified atom stereocenters. The Morgan fingerprint density at radius 1 is 0.761 bits per heavy atom. The van der Waals surface area contributed by atoms with E-state index in [2.05, 4.69) is 61.7 Å². The van der Waals surface area contributed by atoms with E-state index in [1.54, 1.807) is 12.2 Å². The maximum atomic E-state index is 12.7. The fourth-order valence-corrected chi connectivity index (χ4v) is 4.75. The van der Waals surface area contributed by atoms with Crippen molar-refractivity contribution in [3.05, 3.63) is 72.9 Å². The summed E-state index contributed by atoms with van der Waals surface area (Å²) in [5.74, 6) is -0.313. The van der Waals surface area contributed by atoms with Gasteiger partial charge in [0.1, 0.15) is 24.4 Å². The predicted molar refractivity (Wildman–Crippen MR) is 184 cm³/mol. The first-order valence-corrected chi connectivity index (χ1v) is 17.2. The Balaban J connectivity index is 2.58. The van der Waals surface area contributed by atoms with Crippen LogP contribution in [0.2, 0.25) is 0 Å². The molecule has 1 fully saturated rings. The summed E-state index contributed by atoms with van der Waals surface area (Å²) in [6.07, 6.45) is 28.4. The molecule has 0 aliphatic carbocycles. The van der Waals surface area contributed by atoms with Crippen molar-refractivity contribution in [2.24, 2.45) is 0 Å². The molecule has 1 saturated heterocycles. The number of carbonyl (C=O) groups excluding carboxylic acids is 1. The summed E-state index contributed by atoms with van der Waals surface area (Å²) < 4.78 is 11.0. The number of aliphatic hydroxyl groups excluding tert-OH is 5. The Kier molecular flexibility index (Phi) is 25.1. The lowest BCUT2D eigenvalue weighted by molar-refractivity contribution is -0.302. The van der Waals surface area contributed by atoms with Crippen LogP contribution in [0.15, 0.2) is 72.9 Å². The zero-order valence-electron chi connectivity index (χ0n) is 28.0. The van der Waals surface area contributed by atoms with Crippen LogP contribution in [0.3, 0.4) is 0 Å². The first kappa shape index (κ1) is 41.7. The van der Waals surface area contributed by atoms with Crippen LogP contribution >= 0.6 is 0 Å². The number of allylic oxidation sites excluding steroid dienone is 10. The van der Waals surface area contributed by atoms with Gasteiger partial charge in [0.15, 0.2) is 6.29 Å². The van der Waals surface area contributed by atoms with E-state index in [1.807, 2.05) is 18.2 Å². The molecule has 1 rings (SSSR count). The topological polar surface area (TPSA) is 149 Å². The average Bonchev–Trinajstić information content (AvgIpc) is 3.05. The van der Waals surface area contributed by atoms with Crippen LogP contribution in [0, 0.1) is 0 Å². The van der Waals surface area contributed by atoms with Crippen molar-refractivity contribution >= 4 is 5.91 Å². The maximum Gasteiger partial charge on any atom is 0.224 e. The van der Waals surface area contributed by atoms with E-state index in [9.17, 15) is 30.3 Å². The third-order valence-corrected chi connectivity index (χ3v) is 7.57. The van der Waals surface area contributed by atoms with Gasteiger partial charge in [-0.15, -0.1) is 0 Å². The molecule has 1 aliphatic heterocycles. The molecule has 1 heterocycles. The highest BCUT2D eigenvalue weighted by Gasteiger charge is 2.44. The predicted octanol–water partition coefficient (Wildman–Crippen LogP) is 5.10. The van der Waals surface area contributed by atoms with Gasteiger partial charge in [0.05, 0.1) is 25.4 Å². The van der Waals surface area contributed by atoms with Gasteiger partial charge in [-0.2, -0.15) is 0 Å². The van der Waals surface area contributed by atoms with Crippen molar-refractivity contribution in [2.45, 2.75) is 140 Å². The van der Waals surface area contributed by atoms with E-state index in [-0.39, 0.29) is 18.9 Å². The molecular formula is C37H61NO8. The second-order valence-corrected chi connectivity index (χ2v) is 11.6. The number of rotatable bonds is 25. The van der Waals surface area contributed by atoms with Crippen molar-refractivity contribution < 1.29 is 39.8 Å². The minimum absolute atomic E-state index is 0.109. The Labute approximate surface area is 277 Å². The molecule has 1 aliphatic rings. The molecule has 0 bridgehead atoms. The van der Waals surface area contributed by atoms with E-state index in [1.165, 1.54) is 25.7 Å². The van der Waals surface area contributed by atoms with Crippen LogP contribution in [0.4, 0.5) is 0 Å². The van der Waals surface area contributed by atoms with Gasteiger partial charge in [-0.1, -0.05) is 119 Å². The van der Waals surface area contributed by atoms with Gasteiger partial charge in [-0.3, -0.25) is 4.79 Å². The molecule has 0 aromatic heterocycles. The minimum atomic E-state index is -1.58. The Hall–Kier alpha value is -2.37. The van der Waals surface area contributed by atoms with E-state index >= 15 is 0 Å². The standard InChI is InChI=1S/C37H61NO8/c1-3-5-7-9-11-13-14-15-16-17-18-19-21-23-25-27-33(41)38-30(31(40)26-24-22-20-12-10-8-6-4-2)29-45-37-36(44)35(43)34(42)32(28-39)46-37/h5,7,11,13,15-16,18-19,23-26,30-32,34-37,39-40,42-44H,3-4,6,8-10,12,14,17,20-22,27-29H2,1-2H3,(H,38,41)/b7-5-,13-11-,16-15-,19-18-,25-23-,26-24+. The molecule has 6 N–H and O–H groups in total. The summed E-state index contributed by atoms with van der Waals surface area (Å²) >= 11 is 0. The molecule has 0 aromatic carbocycles. The lowest BCUT2D eigenvalue weighted by Gasteiger charge is -2.40. The second kappa shape index (κ2) is 27.7. The highest BCUT2D eigenvalue weighted by molar-refractivity contribution is 5.77. The SMILES string of the molecule is CC/C=C\C/C=C\C/C=C\C/C=C\C/C=C\CC(=O)NC(COC1OC(CO)C(O)C(O)C1O)C(O)/C=C/CCCCCCCC. The van der Waals surface area contributed by atoms with Gasteiger partial charge in [-0.05, 0) is 44.9 Å². The molecule has 0 aromatic rings. The van der Waals surface area contributed by atoms with Crippen LogP contribution in [-0.4, -0.2) is 87.5 Å². The summed E-state index contributed by atoms with van der Waals surface area (Å²) in [5.41, 5.74) is 0. The van der Waals surface area contributed by atoms with Gasteiger partial charge >= 0.3 is 0 Å². The zero-order valence-corrected chi connectivity index (χ0v) is 28.0. The van der Waals surface area contributed by atoms with Crippen molar-refractivity contribution in [1.29, 1.82) is 0 Å². The molecule has 46 heavy (non-hydrogen) atoms. The smallest absolute Gasteiger partial charge is 0.224 e. The van der Waals surface area contributed by atoms with Gasteiger partial charge in [0.25, 0.3) is 0 Å². The molecule has 0 radical (unpaired) electrons. The van der Waals surface area contributed by atoms with Crippen LogP contribution in [0.25, 0.3) is 0 Å². The Morgan fingerprint density at radius 2 is 1.33 bits per heavy atom. The number of aliphatic hydroxyl groups is 5. The molecule has 9 nitrogen and oxygen atoms in total. The van der Waals surface area contributed by atoms with Crippen molar-refractivity contribution in [1.82, 2.24) is 5.32 Å². The van der Waals surface area contributed by atoms with Gasteiger partial charge in [0, 0.05) is 6.42 Å². The van der Waals surface area contributed by atoms with Crippen molar-refractivity contribution in [2.75, 3.05) is 13.2 Å². The van der Waals surface area contributed by atoms with Crippen LogP contribution in [0.5, 0.6) is 0 Å². The van der Waals surface area contributed by atoms with E-state index in [4.69, 9.17) is 9.47 Å². The maximum absolute atomic E-state index is 12.7. The first-order chi connectivity index (χ1) is 22.3. The lowest BCUT2D eigenvalue weighted by atomic mass is 9.99. The van der Waals surface area contributed by atoms with E-state index in [0.717, 1.165) is 44.9 Å². The molecule has 9 heteroatoms. The van der Waals surface area contributed by atoms with Crippen molar-refractivity contribution in [3.63, 3.8) is 0 Å². The number of amides is 1. The molecule has 1 amide bonds.